The van der Waals surface area contributed by atoms with Gasteiger partial charge in [0.15, 0.2) is 0 Å². The van der Waals surface area contributed by atoms with Crippen molar-refractivity contribution in [2.75, 3.05) is 5.75 Å². The Morgan fingerprint density at radius 2 is 1.73 bits per heavy atom. The van der Waals surface area contributed by atoms with Crippen molar-refractivity contribution >= 4 is 22.1 Å². The van der Waals surface area contributed by atoms with Crippen LogP contribution in [0.1, 0.15) is 12.8 Å². The van der Waals surface area contributed by atoms with Crippen molar-refractivity contribution in [1.29, 1.82) is 0 Å². The highest BCUT2D eigenvalue weighted by atomic mass is 32.2. The molecule has 0 aliphatic rings. The molecule has 0 aromatic rings. The molecule has 0 aromatic carbocycles. The van der Waals surface area contributed by atoms with Crippen molar-refractivity contribution in [3.8, 4) is 0 Å². The molecule has 0 fully saturated rings. The van der Waals surface area contributed by atoms with Gasteiger partial charge >= 0.3 is 11.9 Å². The van der Waals surface area contributed by atoms with Crippen LogP contribution in [0.2, 0.25) is 0 Å². The van der Waals surface area contributed by atoms with E-state index in [1.807, 2.05) is 0 Å². The molecule has 0 saturated carbocycles. The summed E-state index contributed by atoms with van der Waals surface area (Å²) in [6.45, 7) is 0. The SMILES string of the molecule is NC(CCS(=O)(=O)O)(CC(=O)O)C(=O)O. The molecule has 0 heterocycles. The summed E-state index contributed by atoms with van der Waals surface area (Å²) >= 11 is 0. The van der Waals surface area contributed by atoms with E-state index in [0.717, 1.165) is 0 Å². The fourth-order valence-electron chi connectivity index (χ4n) is 0.852. The predicted molar refractivity (Wildman–Crippen MR) is 47.8 cm³/mol. The van der Waals surface area contributed by atoms with Crippen molar-refractivity contribution in [3.05, 3.63) is 0 Å². The molecular weight excluding hydrogens is 230 g/mol. The topological polar surface area (TPSA) is 155 Å². The summed E-state index contributed by atoms with van der Waals surface area (Å²) in [4.78, 5) is 20.9. The maximum atomic E-state index is 10.6. The zero-order valence-electron chi connectivity index (χ0n) is 7.58. The van der Waals surface area contributed by atoms with Gasteiger partial charge in [0.2, 0.25) is 0 Å². The van der Waals surface area contributed by atoms with E-state index in [-0.39, 0.29) is 0 Å². The number of carbonyl (C=O) groups is 2. The van der Waals surface area contributed by atoms with Crippen molar-refractivity contribution in [1.82, 2.24) is 0 Å². The lowest BCUT2D eigenvalue weighted by Crippen LogP contribution is -2.50. The molecule has 0 spiro atoms. The second-order valence-corrected chi connectivity index (χ2v) is 4.64. The molecule has 0 aliphatic carbocycles. The quantitative estimate of drug-likeness (QED) is 0.410. The van der Waals surface area contributed by atoms with Crippen LogP contribution in [0.15, 0.2) is 0 Å². The van der Waals surface area contributed by atoms with Crippen molar-refractivity contribution in [2.45, 2.75) is 18.4 Å². The fraction of sp³-hybridized carbons (Fsp3) is 0.667. The summed E-state index contributed by atoms with van der Waals surface area (Å²) in [6.07, 6.45) is -1.59. The first kappa shape index (κ1) is 13.8. The lowest BCUT2D eigenvalue weighted by Gasteiger charge is -2.21. The number of hydrogen-bond donors (Lipinski definition) is 4. The third kappa shape index (κ3) is 5.30. The van der Waals surface area contributed by atoms with Gasteiger partial charge in [0.1, 0.15) is 5.54 Å². The summed E-state index contributed by atoms with van der Waals surface area (Å²) in [7, 11) is -4.36. The number of rotatable bonds is 6. The molecular formula is C6H11NO7S. The van der Waals surface area contributed by atoms with Gasteiger partial charge in [0.05, 0.1) is 12.2 Å². The molecule has 1 atom stereocenters. The van der Waals surface area contributed by atoms with E-state index in [2.05, 4.69) is 0 Å². The Hall–Kier alpha value is -1.19. The van der Waals surface area contributed by atoms with E-state index in [1.54, 1.807) is 0 Å². The Bertz CT molecular complexity index is 362. The number of hydrogen-bond acceptors (Lipinski definition) is 5. The third-order valence-electron chi connectivity index (χ3n) is 1.70. The largest absolute Gasteiger partial charge is 0.481 e. The summed E-state index contributed by atoms with van der Waals surface area (Å²) in [5, 5.41) is 17.0. The van der Waals surface area contributed by atoms with Gasteiger partial charge in [-0.1, -0.05) is 0 Å². The minimum Gasteiger partial charge on any atom is -0.481 e. The van der Waals surface area contributed by atoms with Crippen LogP contribution in [-0.2, 0) is 19.7 Å². The van der Waals surface area contributed by atoms with Crippen LogP contribution in [-0.4, -0.2) is 46.4 Å². The van der Waals surface area contributed by atoms with E-state index in [0.29, 0.717) is 0 Å². The van der Waals surface area contributed by atoms with Gasteiger partial charge in [-0.25, -0.2) is 0 Å². The number of carboxylic acid groups (broad SMARTS) is 2. The number of carboxylic acids is 2. The second kappa shape index (κ2) is 4.55. The standard InChI is InChI=1S/C6H11NO7S/c7-6(5(10)11,3-4(8)9)1-2-15(12,13)14/h1-3,7H2,(H,8,9)(H,10,11)(H,12,13,14). The van der Waals surface area contributed by atoms with E-state index >= 15 is 0 Å². The Balaban J connectivity index is 4.67. The minimum atomic E-state index is -4.36. The van der Waals surface area contributed by atoms with Gasteiger partial charge in [-0.15, -0.1) is 0 Å². The van der Waals surface area contributed by atoms with Crippen molar-refractivity contribution in [2.24, 2.45) is 5.73 Å². The molecule has 0 rings (SSSR count). The zero-order valence-corrected chi connectivity index (χ0v) is 8.40. The summed E-state index contributed by atoms with van der Waals surface area (Å²) in [6, 6.07) is 0. The maximum Gasteiger partial charge on any atom is 0.324 e. The first-order valence-corrected chi connectivity index (χ1v) is 5.37. The van der Waals surface area contributed by atoms with Crippen LogP contribution in [0.4, 0.5) is 0 Å². The number of nitrogens with two attached hydrogens (primary N) is 1. The van der Waals surface area contributed by atoms with Crippen LogP contribution >= 0.6 is 0 Å². The molecule has 0 saturated heterocycles. The number of aliphatic carboxylic acids is 2. The van der Waals surface area contributed by atoms with Gasteiger partial charge in [-0.05, 0) is 6.42 Å². The van der Waals surface area contributed by atoms with E-state index in [9.17, 15) is 18.0 Å². The molecule has 1 unspecified atom stereocenters. The van der Waals surface area contributed by atoms with Gasteiger partial charge in [-0.3, -0.25) is 14.1 Å². The summed E-state index contributed by atoms with van der Waals surface area (Å²) in [5.41, 5.74) is 3.00. The lowest BCUT2D eigenvalue weighted by molar-refractivity contribution is -0.149. The fourth-order valence-corrected chi connectivity index (χ4v) is 1.47. The first-order valence-electron chi connectivity index (χ1n) is 3.76. The molecule has 0 radical (unpaired) electrons. The maximum absolute atomic E-state index is 10.6. The highest BCUT2D eigenvalue weighted by Gasteiger charge is 2.37. The molecule has 5 N–H and O–H groups in total. The van der Waals surface area contributed by atoms with E-state index in [4.69, 9.17) is 20.5 Å². The second-order valence-electron chi connectivity index (χ2n) is 3.07. The van der Waals surface area contributed by atoms with Gasteiger partial charge in [-0.2, -0.15) is 8.42 Å². The van der Waals surface area contributed by atoms with Crippen LogP contribution in [0, 0.1) is 0 Å². The van der Waals surface area contributed by atoms with Crippen molar-refractivity contribution < 1.29 is 32.8 Å². The summed E-state index contributed by atoms with van der Waals surface area (Å²) in [5.74, 6) is -3.99. The van der Waals surface area contributed by atoms with E-state index in [1.165, 1.54) is 0 Å². The third-order valence-corrected chi connectivity index (χ3v) is 2.42. The molecule has 0 aliphatic heterocycles. The highest BCUT2D eigenvalue weighted by Crippen LogP contribution is 2.13. The smallest absolute Gasteiger partial charge is 0.324 e. The normalized spacial score (nSPS) is 15.6. The monoisotopic (exact) mass is 241 g/mol. The Morgan fingerprint density at radius 1 is 1.27 bits per heavy atom. The zero-order chi connectivity index (χ0) is 12.3. The van der Waals surface area contributed by atoms with Gasteiger partial charge in [0.25, 0.3) is 10.1 Å². The van der Waals surface area contributed by atoms with Crippen LogP contribution in [0.3, 0.4) is 0 Å². The predicted octanol–water partition coefficient (Wildman–Crippen LogP) is -1.48. The molecule has 88 valence electrons. The lowest BCUT2D eigenvalue weighted by atomic mass is 9.94. The average molecular weight is 241 g/mol. The Labute approximate surface area is 85.4 Å². The molecule has 0 bridgehead atoms. The molecule has 8 nitrogen and oxygen atoms in total. The molecule has 9 heteroatoms. The average Bonchev–Trinajstić information content (AvgIpc) is 1.98. The van der Waals surface area contributed by atoms with Gasteiger partial charge in [0, 0.05) is 0 Å². The minimum absolute atomic E-state index is 0.673. The first-order chi connectivity index (χ1) is 6.57. The van der Waals surface area contributed by atoms with Crippen molar-refractivity contribution in [3.63, 3.8) is 0 Å². The molecule has 0 amide bonds. The van der Waals surface area contributed by atoms with Crippen LogP contribution in [0.25, 0.3) is 0 Å². The molecule has 0 aromatic heterocycles. The van der Waals surface area contributed by atoms with Crippen LogP contribution < -0.4 is 5.73 Å². The summed E-state index contributed by atoms with van der Waals surface area (Å²) < 4.78 is 29.1. The molecule has 15 heavy (non-hydrogen) atoms. The van der Waals surface area contributed by atoms with Gasteiger partial charge < -0.3 is 15.9 Å². The van der Waals surface area contributed by atoms with Crippen LogP contribution in [0.5, 0.6) is 0 Å². The Morgan fingerprint density at radius 3 is 2.00 bits per heavy atom. The Kier molecular flexibility index (Phi) is 4.19. The highest BCUT2D eigenvalue weighted by molar-refractivity contribution is 7.85. The van der Waals surface area contributed by atoms with E-state index < -0.39 is 46.2 Å².